The van der Waals surface area contributed by atoms with Crippen molar-refractivity contribution in [1.82, 2.24) is 5.32 Å². The van der Waals surface area contributed by atoms with Gasteiger partial charge in [-0.15, -0.1) is 0 Å². The van der Waals surface area contributed by atoms with Crippen LogP contribution in [0.2, 0.25) is 0 Å². The van der Waals surface area contributed by atoms with E-state index in [4.69, 9.17) is 0 Å². The first-order valence-electron chi connectivity index (χ1n) is 7.59. The molecule has 2 N–H and O–H groups in total. The highest BCUT2D eigenvalue weighted by Gasteiger charge is 2.21. The van der Waals surface area contributed by atoms with E-state index in [1.807, 2.05) is 0 Å². The molecule has 1 fully saturated rings. The van der Waals surface area contributed by atoms with E-state index in [-0.39, 0.29) is 4.90 Å². The van der Waals surface area contributed by atoms with Crippen LogP contribution in [-0.2, 0) is 9.84 Å². The van der Waals surface area contributed by atoms with E-state index in [0.29, 0.717) is 18.5 Å². The first-order valence-corrected chi connectivity index (χ1v) is 9.48. The molecule has 1 aliphatic carbocycles. The van der Waals surface area contributed by atoms with Crippen LogP contribution in [0.25, 0.3) is 0 Å². The van der Waals surface area contributed by atoms with Crippen molar-refractivity contribution >= 4 is 9.84 Å². The molecule has 4 nitrogen and oxygen atoms in total. The molecule has 1 aromatic carbocycles. The van der Waals surface area contributed by atoms with Crippen LogP contribution in [0.1, 0.15) is 44.3 Å². The zero-order chi connectivity index (χ0) is 15.5. The van der Waals surface area contributed by atoms with Crippen molar-refractivity contribution in [2.45, 2.75) is 49.6 Å². The van der Waals surface area contributed by atoms with E-state index in [2.05, 4.69) is 12.2 Å². The van der Waals surface area contributed by atoms with Crippen molar-refractivity contribution in [3.63, 3.8) is 0 Å². The lowest BCUT2D eigenvalue weighted by Crippen LogP contribution is -2.39. The molecule has 3 unspecified atom stereocenters. The normalized spacial score (nSPS) is 24.7. The summed E-state index contributed by atoms with van der Waals surface area (Å²) >= 11 is 0. The second-order valence-electron chi connectivity index (χ2n) is 6.13. The summed E-state index contributed by atoms with van der Waals surface area (Å²) in [7, 11) is -3.18. The van der Waals surface area contributed by atoms with Crippen LogP contribution in [0.4, 0.5) is 0 Å². The molecule has 1 aliphatic rings. The summed E-state index contributed by atoms with van der Waals surface area (Å²) in [6, 6.07) is 6.96. The number of aliphatic hydroxyl groups is 1. The van der Waals surface area contributed by atoms with Gasteiger partial charge < -0.3 is 10.4 Å². The SMILES string of the molecule is CC1CCCCC1NCC(O)c1ccc(S(C)(=O)=O)cc1. The van der Waals surface area contributed by atoms with Crippen LogP contribution >= 0.6 is 0 Å². The summed E-state index contributed by atoms with van der Waals surface area (Å²) in [5.41, 5.74) is 0.748. The van der Waals surface area contributed by atoms with E-state index in [9.17, 15) is 13.5 Å². The molecule has 0 aliphatic heterocycles. The summed E-state index contributed by atoms with van der Waals surface area (Å²) in [5, 5.41) is 13.7. The number of hydrogen-bond acceptors (Lipinski definition) is 4. The van der Waals surface area contributed by atoms with E-state index < -0.39 is 15.9 Å². The molecular weight excluding hydrogens is 286 g/mol. The van der Waals surface area contributed by atoms with Gasteiger partial charge >= 0.3 is 0 Å². The van der Waals surface area contributed by atoms with Crippen molar-refractivity contribution in [1.29, 1.82) is 0 Å². The van der Waals surface area contributed by atoms with E-state index in [1.165, 1.54) is 31.9 Å². The summed E-state index contributed by atoms with van der Waals surface area (Å²) in [6.07, 6.45) is 5.55. The Morgan fingerprint density at radius 1 is 1.24 bits per heavy atom. The Bertz CT molecular complexity index is 553. The number of benzene rings is 1. The van der Waals surface area contributed by atoms with E-state index in [0.717, 1.165) is 5.56 Å². The lowest BCUT2D eigenvalue weighted by molar-refractivity contribution is 0.157. The first-order chi connectivity index (χ1) is 9.88. The van der Waals surface area contributed by atoms with Gasteiger partial charge in [-0.05, 0) is 36.5 Å². The molecule has 21 heavy (non-hydrogen) atoms. The third kappa shape index (κ3) is 4.53. The minimum Gasteiger partial charge on any atom is -0.387 e. The van der Waals surface area contributed by atoms with Gasteiger partial charge in [0.2, 0.25) is 0 Å². The predicted octanol–water partition coefficient (Wildman–Crippen LogP) is 2.29. The molecule has 2 rings (SSSR count). The lowest BCUT2D eigenvalue weighted by atomic mass is 9.86. The standard InChI is InChI=1S/C16H25NO3S/c1-12-5-3-4-6-15(12)17-11-16(18)13-7-9-14(10-8-13)21(2,19)20/h7-10,12,15-18H,3-6,11H2,1-2H3. The summed E-state index contributed by atoms with van der Waals surface area (Å²) in [5.74, 6) is 0.651. The van der Waals surface area contributed by atoms with Gasteiger partial charge in [0.1, 0.15) is 0 Å². The molecule has 0 amide bonds. The summed E-state index contributed by atoms with van der Waals surface area (Å²) < 4.78 is 22.8. The van der Waals surface area contributed by atoms with Gasteiger partial charge in [-0.3, -0.25) is 0 Å². The molecule has 0 bridgehead atoms. The largest absolute Gasteiger partial charge is 0.387 e. The second-order valence-corrected chi connectivity index (χ2v) is 8.15. The molecule has 5 heteroatoms. The van der Waals surface area contributed by atoms with Crippen LogP contribution in [0.15, 0.2) is 29.2 Å². The smallest absolute Gasteiger partial charge is 0.175 e. The maximum absolute atomic E-state index is 11.4. The van der Waals surface area contributed by atoms with Gasteiger partial charge in [-0.1, -0.05) is 31.9 Å². The number of nitrogens with one attached hydrogen (secondary N) is 1. The molecule has 1 saturated carbocycles. The van der Waals surface area contributed by atoms with Crippen molar-refractivity contribution in [2.24, 2.45) is 5.92 Å². The Labute approximate surface area is 127 Å². The third-order valence-corrected chi connectivity index (χ3v) is 5.51. The number of aliphatic hydroxyl groups excluding tert-OH is 1. The fourth-order valence-corrected chi connectivity index (χ4v) is 3.57. The van der Waals surface area contributed by atoms with Crippen LogP contribution in [0, 0.1) is 5.92 Å². The van der Waals surface area contributed by atoms with Crippen LogP contribution in [0.5, 0.6) is 0 Å². The molecule has 0 heterocycles. The summed E-state index contributed by atoms with van der Waals surface area (Å²) in [4.78, 5) is 0.285. The fourth-order valence-electron chi connectivity index (χ4n) is 2.94. The van der Waals surface area contributed by atoms with Gasteiger partial charge in [0.15, 0.2) is 9.84 Å². The highest BCUT2D eigenvalue weighted by atomic mass is 32.2. The number of sulfone groups is 1. The maximum atomic E-state index is 11.4. The Hall–Kier alpha value is -0.910. The van der Waals surface area contributed by atoms with Gasteiger partial charge in [0.05, 0.1) is 11.0 Å². The van der Waals surface area contributed by atoms with Gasteiger partial charge in [-0.2, -0.15) is 0 Å². The minimum absolute atomic E-state index is 0.285. The predicted molar refractivity (Wildman–Crippen MR) is 83.9 cm³/mol. The minimum atomic E-state index is -3.18. The Balaban J connectivity index is 1.92. The molecule has 0 radical (unpaired) electrons. The molecule has 0 saturated heterocycles. The Kier molecular flexibility index (Phi) is 5.41. The molecule has 3 atom stereocenters. The van der Waals surface area contributed by atoms with Gasteiger partial charge in [0.25, 0.3) is 0 Å². The molecule has 118 valence electrons. The Morgan fingerprint density at radius 2 is 1.86 bits per heavy atom. The van der Waals surface area contributed by atoms with Crippen LogP contribution in [-0.4, -0.2) is 32.4 Å². The quantitative estimate of drug-likeness (QED) is 0.875. The lowest BCUT2D eigenvalue weighted by Gasteiger charge is -2.30. The Morgan fingerprint density at radius 3 is 2.43 bits per heavy atom. The molecule has 1 aromatic rings. The fraction of sp³-hybridized carbons (Fsp3) is 0.625. The van der Waals surface area contributed by atoms with Crippen molar-refractivity contribution in [3.8, 4) is 0 Å². The van der Waals surface area contributed by atoms with Crippen molar-refractivity contribution in [2.75, 3.05) is 12.8 Å². The highest BCUT2D eigenvalue weighted by Crippen LogP contribution is 2.24. The monoisotopic (exact) mass is 311 g/mol. The number of hydrogen-bond donors (Lipinski definition) is 2. The van der Waals surface area contributed by atoms with E-state index >= 15 is 0 Å². The molecule has 0 aromatic heterocycles. The van der Waals surface area contributed by atoms with Crippen LogP contribution in [0.3, 0.4) is 0 Å². The topological polar surface area (TPSA) is 66.4 Å². The van der Waals surface area contributed by atoms with Crippen molar-refractivity contribution < 1.29 is 13.5 Å². The first kappa shape index (κ1) is 16.5. The third-order valence-electron chi connectivity index (χ3n) is 4.38. The average molecular weight is 311 g/mol. The van der Waals surface area contributed by atoms with E-state index in [1.54, 1.807) is 24.3 Å². The zero-order valence-electron chi connectivity index (χ0n) is 12.7. The van der Waals surface area contributed by atoms with Gasteiger partial charge in [-0.25, -0.2) is 8.42 Å². The second kappa shape index (κ2) is 6.90. The van der Waals surface area contributed by atoms with Gasteiger partial charge in [0, 0.05) is 18.8 Å². The average Bonchev–Trinajstić information content (AvgIpc) is 2.45. The molecule has 0 spiro atoms. The van der Waals surface area contributed by atoms with Crippen LogP contribution < -0.4 is 5.32 Å². The highest BCUT2D eigenvalue weighted by molar-refractivity contribution is 7.90. The maximum Gasteiger partial charge on any atom is 0.175 e. The van der Waals surface area contributed by atoms with Crippen molar-refractivity contribution in [3.05, 3.63) is 29.8 Å². The molecular formula is C16H25NO3S. The zero-order valence-corrected chi connectivity index (χ0v) is 13.6. The number of rotatable bonds is 5. The summed E-state index contributed by atoms with van der Waals surface area (Å²) in [6.45, 7) is 2.76.